The smallest absolute Gasteiger partial charge is 0.332 e. The molecule has 0 unspecified atom stereocenters. The Bertz CT molecular complexity index is 205. The Morgan fingerprint density at radius 2 is 2.07 bits per heavy atom. The lowest BCUT2D eigenvalue weighted by molar-refractivity contribution is -0.132. The van der Waals surface area contributed by atoms with E-state index in [0.717, 1.165) is 32.6 Å². The summed E-state index contributed by atoms with van der Waals surface area (Å²) in [5.74, 6) is -0.927. The molecule has 4 nitrogen and oxygen atoms in total. The van der Waals surface area contributed by atoms with Gasteiger partial charge in [0.25, 0.3) is 0 Å². The van der Waals surface area contributed by atoms with Gasteiger partial charge in [0.1, 0.15) is 0 Å². The molecule has 0 spiro atoms. The molecule has 0 aliphatic heterocycles. The summed E-state index contributed by atoms with van der Waals surface area (Å²) in [4.78, 5) is 12.8. The molecule has 0 aliphatic rings. The van der Waals surface area contributed by atoms with Crippen LogP contribution in [0, 0.1) is 0 Å². The predicted molar refractivity (Wildman–Crippen MR) is 62.1 cm³/mol. The van der Waals surface area contributed by atoms with Crippen molar-refractivity contribution in [1.29, 1.82) is 0 Å². The van der Waals surface area contributed by atoms with E-state index in [1.807, 2.05) is 0 Å². The van der Waals surface area contributed by atoms with E-state index in [1.165, 1.54) is 0 Å². The van der Waals surface area contributed by atoms with Crippen molar-refractivity contribution < 1.29 is 9.90 Å². The number of carboxylic acid groups (broad SMARTS) is 1. The Morgan fingerprint density at radius 1 is 1.40 bits per heavy atom. The number of nitrogens with zero attached hydrogens (tertiary/aromatic N) is 1. The molecule has 0 saturated carbocycles. The van der Waals surface area contributed by atoms with Crippen LogP contribution in [-0.2, 0) is 4.79 Å². The van der Waals surface area contributed by atoms with Crippen LogP contribution in [-0.4, -0.2) is 48.7 Å². The van der Waals surface area contributed by atoms with E-state index in [2.05, 4.69) is 30.6 Å². The first kappa shape index (κ1) is 14.1. The second-order valence-electron chi connectivity index (χ2n) is 3.52. The molecule has 2 N–H and O–H groups in total. The lowest BCUT2D eigenvalue weighted by Crippen LogP contribution is -2.33. The van der Waals surface area contributed by atoms with Gasteiger partial charge in [0.2, 0.25) is 0 Å². The maximum Gasteiger partial charge on any atom is 0.332 e. The van der Waals surface area contributed by atoms with Crippen molar-refractivity contribution in [1.82, 2.24) is 10.2 Å². The number of likely N-dealkylation sites (N-methyl/N-ethyl adjacent to an activating group) is 1. The zero-order valence-corrected chi connectivity index (χ0v) is 9.75. The zero-order valence-electron chi connectivity index (χ0n) is 9.75. The molecule has 0 bridgehead atoms. The maximum absolute atomic E-state index is 10.4. The van der Waals surface area contributed by atoms with Gasteiger partial charge >= 0.3 is 5.97 Å². The number of rotatable bonds is 9. The number of hydrogen-bond acceptors (Lipinski definition) is 3. The average Bonchev–Trinajstić information content (AvgIpc) is 2.22. The Hall–Kier alpha value is -0.870. The van der Waals surface area contributed by atoms with Crippen molar-refractivity contribution in [2.75, 3.05) is 32.7 Å². The van der Waals surface area contributed by atoms with Gasteiger partial charge in [-0.15, -0.1) is 0 Å². The molecule has 0 fully saturated rings. The molecular formula is C11H22N2O2. The molecule has 4 heteroatoms. The molecule has 0 aromatic rings. The monoisotopic (exact) mass is 214 g/mol. The highest BCUT2D eigenvalue weighted by Gasteiger charge is 2.03. The number of nitrogens with one attached hydrogen (secondary N) is 1. The second-order valence-corrected chi connectivity index (χ2v) is 3.52. The van der Waals surface area contributed by atoms with Crippen molar-refractivity contribution in [2.24, 2.45) is 0 Å². The topological polar surface area (TPSA) is 52.6 Å². The number of carbonyl (C=O) groups is 1. The van der Waals surface area contributed by atoms with Gasteiger partial charge < -0.3 is 15.3 Å². The molecule has 0 aliphatic carbocycles. The molecule has 0 aromatic carbocycles. The Kier molecular flexibility index (Phi) is 7.95. The number of hydrogen-bond donors (Lipinski definition) is 2. The second kappa shape index (κ2) is 8.44. The van der Waals surface area contributed by atoms with Crippen LogP contribution in [0.3, 0.4) is 0 Å². The van der Waals surface area contributed by atoms with Gasteiger partial charge in [-0.05, 0) is 19.5 Å². The minimum absolute atomic E-state index is 0.216. The van der Waals surface area contributed by atoms with Crippen molar-refractivity contribution in [3.05, 3.63) is 12.2 Å². The highest BCUT2D eigenvalue weighted by atomic mass is 16.4. The van der Waals surface area contributed by atoms with Crippen LogP contribution in [0.15, 0.2) is 12.2 Å². The van der Waals surface area contributed by atoms with Crippen molar-refractivity contribution in [3.8, 4) is 0 Å². The van der Waals surface area contributed by atoms with Gasteiger partial charge in [-0.1, -0.05) is 20.4 Å². The third-order valence-electron chi connectivity index (χ3n) is 2.23. The minimum Gasteiger partial charge on any atom is -0.478 e. The van der Waals surface area contributed by atoms with Gasteiger partial charge in [-0.3, -0.25) is 0 Å². The fraction of sp³-hybridized carbons (Fsp3) is 0.727. The summed E-state index contributed by atoms with van der Waals surface area (Å²) in [5, 5.41) is 11.6. The molecule has 0 saturated heterocycles. The van der Waals surface area contributed by atoms with Crippen LogP contribution < -0.4 is 5.32 Å². The molecule has 15 heavy (non-hydrogen) atoms. The van der Waals surface area contributed by atoms with E-state index in [4.69, 9.17) is 5.11 Å². The van der Waals surface area contributed by atoms with Gasteiger partial charge in [0, 0.05) is 25.2 Å². The summed E-state index contributed by atoms with van der Waals surface area (Å²) >= 11 is 0. The fourth-order valence-electron chi connectivity index (χ4n) is 1.30. The summed E-state index contributed by atoms with van der Waals surface area (Å²) in [7, 11) is 0. The van der Waals surface area contributed by atoms with Crippen LogP contribution in [0.4, 0.5) is 0 Å². The summed E-state index contributed by atoms with van der Waals surface area (Å²) in [6.45, 7) is 12.0. The van der Waals surface area contributed by atoms with Crippen molar-refractivity contribution >= 4 is 5.97 Å². The molecule has 0 rings (SSSR count). The molecule has 0 aromatic heterocycles. The molecule has 0 radical (unpaired) electrons. The van der Waals surface area contributed by atoms with Crippen molar-refractivity contribution in [2.45, 2.75) is 20.3 Å². The lowest BCUT2D eigenvalue weighted by Gasteiger charge is -2.19. The average molecular weight is 214 g/mol. The third kappa shape index (κ3) is 7.11. The Labute approximate surface area is 92.0 Å². The van der Waals surface area contributed by atoms with E-state index in [0.29, 0.717) is 6.54 Å². The predicted octanol–water partition coefficient (Wildman–Crippen LogP) is 0.949. The maximum atomic E-state index is 10.4. The Morgan fingerprint density at radius 3 is 2.53 bits per heavy atom. The van der Waals surface area contributed by atoms with E-state index in [9.17, 15) is 4.79 Å². The SMILES string of the molecule is C=C(CNCCN(CC)CCC)C(=O)O. The summed E-state index contributed by atoms with van der Waals surface area (Å²) in [6.07, 6.45) is 1.15. The number of carboxylic acids is 1. The quantitative estimate of drug-likeness (QED) is 0.443. The van der Waals surface area contributed by atoms with Gasteiger partial charge in [-0.2, -0.15) is 0 Å². The minimum atomic E-state index is -0.927. The van der Waals surface area contributed by atoms with Crippen molar-refractivity contribution in [3.63, 3.8) is 0 Å². The van der Waals surface area contributed by atoms with Crippen LogP contribution >= 0.6 is 0 Å². The molecule has 0 amide bonds. The Balaban J connectivity index is 3.52. The van der Waals surface area contributed by atoms with E-state index >= 15 is 0 Å². The zero-order chi connectivity index (χ0) is 11.7. The van der Waals surface area contributed by atoms with E-state index < -0.39 is 5.97 Å². The normalized spacial score (nSPS) is 10.6. The molecule has 88 valence electrons. The van der Waals surface area contributed by atoms with Gasteiger partial charge in [0.15, 0.2) is 0 Å². The first-order valence-electron chi connectivity index (χ1n) is 5.45. The van der Waals surface area contributed by atoms with Crippen LogP contribution in [0.25, 0.3) is 0 Å². The first-order chi connectivity index (χ1) is 7.11. The van der Waals surface area contributed by atoms with E-state index in [-0.39, 0.29) is 5.57 Å². The highest BCUT2D eigenvalue weighted by Crippen LogP contribution is 1.90. The molecule has 0 atom stereocenters. The van der Waals surface area contributed by atoms with Crippen LogP contribution in [0.1, 0.15) is 20.3 Å². The van der Waals surface area contributed by atoms with Gasteiger partial charge in [0.05, 0.1) is 0 Å². The molecular weight excluding hydrogens is 192 g/mol. The largest absolute Gasteiger partial charge is 0.478 e. The highest BCUT2D eigenvalue weighted by molar-refractivity contribution is 5.86. The van der Waals surface area contributed by atoms with Crippen LogP contribution in [0.5, 0.6) is 0 Å². The standard InChI is InChI=1S/C11H22N2O2/c1-4-7-13(5-2)8-6-12-9-10(3)11(14)15/h12H,3-9H2,1-2H3,(H,14,15). The van der Waals surface area contributed by atoms with E-state index in [1.54, 1.807) is 0 Å². The third-order valence-corrected chi connectivity index (χ3v) is 2.23. The fourth-order valence-corrected chi connectivity index (χ4v) is 1.30. The first-order valence-corrected chi connectivity index (χ1v) is 5.45. The van der Waals surface area contributed by atoms with Gasteiger partial charge in [-0.25, -0.2) is 4.79 Å². The lowest BCUT2D eigenvalue weighted by atomic mass is 10.3. The summed E-state index contributed by atoms with van der Waals surface area (Å²) in [5.41, 5.74) is 0.216. The molecule has 0 heterocycles. The summed E-state index contributed by atoms with van der Waals surface area (Å²) in [6, 6.07) is 0. The number of aliphatic carboxylic acids is 1. The summed E-state index contributed by atoms with van der Waals surface area (Å²) < 4.78 is 0. The van der Waals surface area contributed by atoms with Crippen LogP contribution in [0.2, 0.25) is 0 Å².